The van der Waals surface area contributed by atoms with E-state index in [1.165, 1.54) is 10.5 Å². The number of anilines is 1. The van der Waals surface area contributed by atoms with E-state index in [1.54, 1.807) is 11.8 Å². The van der Waals surface area contributed by atoms with Crippen LogP contribution in [0.3, 0.4) is 0 Å². The molecule has 5 heteroatoms. The largest absolute Gasteiger partial charge is 0.330 e. The summed E-state index contributed by atoms with van der Waals surface area (Å²) < 4.78 is 0. The van der Waals surface area contributed by atoms with Gasteiger partial charge in [0.25, 0.3) is 0 Å². The van der Waals surface area contributed by atoms with Gasteiger partial charge in [-0.05, 0) is 43.6 Å². The molecule has 1 amide bonds. The van der Waals surface area contributed by atoms with Gasteiger partial charge in [-0.15, -0.1) is 11.8 Å². The molecule has 0 bridgehead atoms. The van der Waals surface area contributed by atoms with E-state index in [2.05, 4.69) is 18.2 Å². The van der Waals surface area contributed by atoms with Crippen LogP contribution >= 0.6 is 11.8 Å². The van der Waals surface area contributed by atoms with Gasteiger partial charge >= 0.3 is 0 Å². The van der Waals surface area contributed by atoms with Crippen molar-refractivity contribution in [1.29, 1.82) is 0 Å². The van der Waals surface area contributed by atoms with Crippen molar-refractivity contribution in [2.24, 2.45) is 11.5 Å². The van der Waals surface area contributed by atoms with Gasteiger partial charge in [0.15, 0.2) is 0 Å². The lowest BCUT2D eigenvalue weighted by molar-refractivity contribution is -0.116. The minimum Gasteiger partial charge on any atom is -0.330 e. The number of nitrogens with zero attached hydrogens (tertiary/aromatic N) is 1. The van der Waals surface area contributed by atoms with Gasteiger partial charge in [0.2, 0.25) is 5.91 Å². The number of rotatable bonds is 5. The lowest BCUT2D eigenvalue weighted by atomic mass is 10.1. The first kappa shape index (κ1) is 13.4. The fourth-order valence-corrected chi connectivity index (χ4v) is 2.98. The molecule has 0 saturated carbocycles. The maximum Gasteiger partial charge on any atom is 0.237 e. The molecule has 0 aliphatic carbocycles. The molecule has 1 heterocycles. The first-order valence-corrected chi connectivity index (χ1v) is 7.21. The van der Waals surface area contributed by atoms with Crippen LogP contribution < -0.4 is 16.4 Å². The molecule has 0 radical (unpaired) electrons. The van der Waals surface area contributed by atoms with Gasteiger partial charge in [-0.1, -0.05) is 6.07 Å². The Hall–Kier alpha value is -1.04. The zero-order chi connectivity index (χ0) is 13.0. The number of nitrogens with two attached hydrogens (primary N) is 2. The number of hydrogen-bond donors (Lipinski definition) is 2. The van der Waals surface area contributed by atoms with Crippen molar-refractivity contribution in [3.05, 3.63) is 23.8 Å². The van der Waals surface area contributed by atoms with Crippen LogP contribution in [0.4, 0.5) is 5.69 Å². The third kappa shape index (κ3) is 2.85. The van der Waals surface area contributed by atoms with Crippen molar-refractivity contribution in [1.82, 2.24) is 0 Å². The number of benzene rings is 1. The number of thioether (sulfide) groups is 1. The second-order valence-corrected chi connectivity index (χ2v) is 5.33. The first-order chi connectivity index (χ1) is 8.76. The highest BCUT2D eigenvalue weighted by Crippen LogP contribution is 2.36. The summed E-state index contributed by atoms with van der Waals surface area (Å²) in [6, 6.07) is 6.27. The lowest BCUT2D eigenvalue weighted by Crippen LogP contribution is -2.37. The number of carbonyl (C=O) groups is 1. The van der Waals surface area contributed by atoms with Crippen molar-refractivity contribution in [3.8, 4) is 0 Å². The number of amides is 1. The van der Waals surface area contributed by atoms with Crippen LogP contribution in [-0.4, -0.2) is 31.3 Å². The first-order valence-electron chi connectivity index (χ1n) is 6.22. The molecule has 1 aromatic carbocycles. The van der Waals surface area contributed by atoms with E-state index in [0.717, 1.165) is 18.5 Å². The molecule has 4 nitrogen and oxygen atoms in total. The number of carbonyl (C=O) groups excluding carboxylic acids is 1. The fourth-order valence-electron chi connectivity index (χ4n) is 2.06. The standard InChI is InChI=1S/C13H19N3OS/c14-5-1-7-16-11-8-10(4-6-15)2-3-12(11)18-9-13(16)17/h2-3,8H,1,4-7,9,14-15H2. The molecule has 0 saturated heterocycles. The maximum atomic E-state index is 12.0. The van der Waals surface area contributed by atoms with Crippen LogP contribution in [-0.2, 0) is 11.2 Å². The van der Waals surface area contributed by atoms with E-state index in [4.69, 9.17) is 11.5 Å². The Morgan fingerprint density at radius 1 is 1.28 bits per heavy atom. The average molecular weight is 265 g/mol. The molecule has 1 aromatic rings. The Balaban J connectivity index is 2.27. The second-order valence-electron chi connectivity index (χ2n) is 4.32. The summed E-state index contributed by atoms with van der Waals surface area (Å²) in [7, 11) is 0. The molecule has 1 aliphatic heterocycles. The van der Waals surface area contributed by atoms with Crippen LogP contribution in [0, 0.1) is 0 Å². The zero-order valence-corrected chi connectivity index (χ0v) is 11.2. The summed E-state index contributed by atoms with van der Waals surface area (Å²) in [5.41, 5.74) is 13.3. The zero-order valence-electron chi connectivity index (χ0n) is 10.4. The van der Waals surface area contributed by atoms with Gasteiger partial charge < -0.3 is 16.4 Å². The van der Waals surface area contributed by atoms with Crippen LogP contribution in [0.25, 0.3) is 0 Å². The van der Waals surface area contributed by atoms with Crippen LogP contribution in [0.2, 0.25) is 0 Å². The van der Waals surface area contributed by atoms with E-state index in [1.807, 2.05) is 4.90 Å². The molecule has 2 rings (SSSR count). The van der Waals surface area contributed by atoms with Crippen molar-refractivity contribution in [2.75, 3.05) is 30.3 Å². The molecule has 0 aromatic heterocycles. The fraction of sp³-hybridized carbons (Fsp3) is 0.462. The summed E-state index contributed by atoms with van der Waals surface area (Å²) in [5, 5.41) is 0. The molecule has 0 unspecified atom stereocenters. The van der Waals surface area contributed by atoms with Gasteiger partial charge in [0.1, 0.15) is 0 Å². The molecule has 1 aliphatic rings. The Morgan fingerprint density at radius 2 is 2.11 bits per heavy atom. The monoisotopic (exact) mass is 265 g/mol. The van der Waals surface area contributed by atoms with Gasteiger partial charge in [-0.3, -0.25) is 4.79 Å². The highest BCUT2D eigenvalue weighted by Gasteiger charge is 2.24. The van der Waals surface area contributed by atoms with E-state index in [9.17, 15) is 4.79 Å². The van der Waals surface area contributed by atoms with Crippen molar-refractivity contribution in [3.63, 3.8) is 0 Å². The normalized spacial score (nSPS) is 14.8. The van der Waals surface area contributed by atoms with Gasteiger partial charge in [0, 0.05) is 11.4 Å². The predicted octanol–water partition coefficient (Wildman–Crippen LogP) is 0.975. The SMILES string of the molecule is NCCCN1C(=O)CSc2ccc(CCN)cc21. The molecular formula is C13H19N3OS. The van der Waals surface area contributed by atoms with Crippen LogP contribution in [0.15, 0.2) is 23.1 Å². The third-order valence-corrected chi connectivity index (χ3v) is 4.03. The average Bonchev–Trinajstić information content (AvgIpc) is 2.38. The van der Waals surface area contributed by atoms with Crippen molar-refractivity contribution < 1.29 is 4.79 Å². The van der Waals surface area contributed by atoms with E-state index in [0.29, 0.717) is 25.4 Å². The van der Waals surface area contributed by atoms with Crippen LogP contribution in [0.5, 0.6) is 0 Å². The highest BCUT2D eigenvalue weighted by atomic mass is 32.2. The summed E-state index contributed by atoms with van der Waals surface area (Å²) in [6.45, 7) is 1.94. The molecular weight excluding hydrogens is 246 g/mol. The molecule has 0 atom stereocenters. The minimum absolute atomic E-state index is 0.172. The molecule has 0 spiro atoms. The molecule has 18 heavy (non-hydrogen) atoms. The van der Waals surface area contributed by atoms with Gasteiger partial charge in [0.05, 0.1) is 11.4 Å². The topological polar surface area (TPSA) is 72.3 Å². The van der Waals surface area contributed by atoms with Crippen molar-refractivity contribution >= 4 is 23.4 Å². The smallest absolute Gasteiger partial charge is 0.237 e. The Morgan fingerprint density at radius 3 is 2.83 bits per heavy atom. The Bertz CT molecular complexity index is 436. The summed E-state index contributed by atoms with van der Waals surface area (Å²) in [4.78, 5) is 15.0. The Kier molecular flexibility index (Phi) is 4.63. The molecule has 0 fully saturated rings. The summed E-state index contributed by atoms with van der Waals surface area (Å²) >= 11 is 1.61. The lowest BCUT2D eigenvalue weighted by Gasteiger charge is -2.29. The second kappa shape index (κ2) is 6.22. The molecule has 98 valence electrons. The van der Waals surface area contributed by atoms with E-state index < -0.39 is 0 Å². The maximum absolute atomic E-state index is 12.0. The minimum atomic E-state index is 0.172. The predicted molar refractivity (Wildman–Crippen MR) is 75.9 cm³/mol. The number of fused-ring (bicyclic) bond motifs is 1. The summed E-state index contributed by atoms with van der Waals surface area (Å²) in [6.07, 6.45) is 1.67. The molecule has 4 N–H and O–H groups in total. The third-order valence-electron chi connectivity index (χ3n) is 2.99. The Labute approximate surface area is 112 Å². The number of hydrogen-bond acceptors (Lipinski definition) is 4. The van der Waals surface area contributed by atoms with Crippen molar-refractivity contribution in [2.45, 2.75) is 17.7 Å². The van der Waals surface area contributed by atoms with E-state index in [-0.39, 0.29) is 5.91 Å². The highest BCUT2D eigenvalue weighted by molar-refractivity contribution is 8.00. The summed E-state index contributed by atoms with van der Waals surface area (Å²) in [5.74, 6) is 0.694. The van der Waals surface area contributed by atoms with Crippen LogP contribution in [0.1, 0.15) is 12.0 Å². The van der Waals surface area contributed by atoms with E-state index >= 15 is 0 Å². The quantitative estimate of drug-likeness (QED) is 0.832. The van der Waals surface area contributed by atoms with Gasteiger partial charge in [-0.2, -0.15) is 0 Å². The van der Waals surface area contributed by atoms with Gasteiger partial charge in [-0.25, -0.2) is 0 Å².